The Morgan fingerprint density at radius 2 is 1.95 bits per heavy atom. The smallest absolute Gasteiger partial charge is 0.223 e. The van der Waals surface area contributed by atoms with Gasteiger partial charge in [-0.25, -0.2) is 0 Å². The first-order chi connectivity index (χ1) is 10.3. The molecule has 112 valence electrons. The fourth-order valence-corrected chi connectivity index (χ4v) is 3.29. The molecule has 21 heavy (non-hydrogen) atoms. The standard InChI is InChI=1S/C18H24N2O/c21-18(17-8-4-5-9-17)19-12-16-10-11-20(14-16)13-15-6-2-1-3-7-15/h1-7,16-17H,8-14H2,(H,19,21). The molecule has 1 heterocycles. The topological polar surface area (TPSA) is 32.3 Å². The van der Waals surface area contributed by atoms with Crippen molar-refractivity contribution in [2.24, 2.45) is 11.8 Å². The zero-order valence-electron chi connectivity index (χ0n) is 12.5. The molecule has 1 aliphatic heterocycles. The van der Waals surface area contributed by atoms with E-state index >= 15 is 0 Å². The van der Waals surface area contributed by atoms with Crippen molar-refractivity contribution in [1.82, 2.24) is 10.2 Å². The molecule has 1 aliphatic carbocycles. The van der Waals surface area contributed by atoms with Gasteiger partial charge in [-0.05, 0) is 37.3 Å². The SMILES string of the molecule is O=C(NCC1CCN(Cc2ccccc2)C1)C1CC=CC1. The van der Waals surface area contributed by atoms with Crippen LogP contribution in [-0.4, -0.2) is 30.4 Å². The molecule has 3 heteroatoms. The second kappa shape index (κ2) is 6.90. The third kappa shape index (κ3) is 3.94. The quantitative estimate of drug-likeness (QED) is 0.843. The molecule has 1 aromatic carbocycles. The third-order valence-corrected chi connectivity index (χ3v) is 4.56. The zero-order valence-corrected chi connectivity index (χ0v) is 12.5. The van der Waals surface area contributed by atoms with Gasteiger partial charge >= 0.3 is 0 Å². The molecule has 1 unspecified atom stereocenters. The fraction of sp³-hybridized carbons (Fsp3) is 0.500. The minimum absolute atomic E-state index is 0.187. The van der Waals surface area contributed by atoms with Crippen LogP contribution in [0.1, 0.15) is 24.8 Å². The van der Waals surface area contributed by atoms with Crippen molar-refractivity contribution >= 4 is 5.91 Å². The number of allylic oxidation sites excluding steroid dienone is 2. The summed E-state index contributed by atoms with van der Waals surface area (Å²) < 4.78 is 0. The van der Waals surface area contributed by atoms with Gasteiger partial charge in [0.2, 0.25) is 5.91 Å². The first kappa shape index (κ1) is 14.3. The zero-order chi connectivity index (χ0) is 14.5. The van der Waals surface area contributed by atoms with Crippen molar-refractivity contribution in [2.75, 3.05) is 19.6 Å². The number of carbonyl (C=O) groups is 1. The van der Waals surface area contributed by atoms with Crippen LogP contribution in [0.5, 0.6) is 0 Å². The Morgan fingerprint density at radius 1 is 1.19 bits per heavy atom. The molecule has 1 atom stereocenters. The van der Waals surface area contributed by atoms with E-state index in [0.29, 0.717) is 5.92 Å². The van der Waals surface area contributed by atoms with Gasteiger partial charge in [0.05, 0.1) is 0 Å². The number of likely N-dealkylation sites (tertiary alicyclic amines) is 1. The highest BCUT2D eigenvalue weighted by Gasteiger charge is 2.24. The molecule has 1 aromatic rings. The van der Waals surface area contributed by atoms with E-state index in [4.69, 9.17) is 0 Å². The Labute approximate surface area is 127 Å². The molecule has 0 radical (unpaired) electrons. The number of carbonyl (C=O) groups excluding carboxylic acids is 1. The summed E-state index contributed by atoms with van der Waals surface area (Å²) in [7, 11) is 0. The van der Waals surface area contributed by atoms with E-state index in [1.807, 2.05) is 0 Å². The Bertz CT molecular complexity index is 489. The number of hydrogen-bond acceptors (Lipinski definition) is 2. The van der Waals surface area contributed by atoms with Crippen molar-refractivity contribution in [3.8, 4) is 0 Å². The van der Waals surface area contributed by atoms with E-state index in [9.17, 15) is 4.79 Å². The lowest BCUT2D eigenvalue weighted by molar-refractivity contribution is -0.124. The van der Waals surface area contributed by atoms with Gasteiger partial charge in [0.1, 0.15) is 0 Å². The summed E-state index contributed by atoms with van der Waals surface area (Å²) in [5.41, 5.74) is 1.37. The summed E-state index contributed by atoms with van der Waals surface area (Å²) in [5.74, 6) is 1.03. The van der Waals surface area contributed by atoms with Crippen LogP contribution in [0.15, 0.2) is 42.5 Å². The van der Waals surface area contributed by atoms with Gasteiger partial charge in [-0.15, -0.1) is 0 Å². The van der Waals surface area contributed by atoms with Gasteiger partial charge < -0.3 is 5.32 Å². The lowest BCUT2D eigenvalue weighted by Gasteiger charge is -2.17. The summed E-state index contributed by atoms with van der Waals surface area (Å²) >= 11 is 0. The maximum atomic E-state index is 12.0. The van der Waals surface area contributed by atoms with E-state index in [-0.39, 0.29) is 11.8 Å². The number of rotatable bonds is 5. The first-order valence-corrected chi connectivity index (χ1v) is 8.00. The Morgan fingerprint density at radius 3 is 2.71 bits per heavy atom. The molecule has 1 amide bonds. The molecule has 0 bridgehead atoms. The largest absolute Gasteiger partial charge is 0.356 e. The molecule has 0 aromatic heterocycles. The number of nitrogens with one attached hydrogen (secondary N) is 1. The van der Waals surface area contributed by atoms with Crippen LogP contribution in [0.3, 0.4) is 0 Å². The van der Waals surface area contributed by atoms with E-state index in [0.717, 1.165) is 39.0 Å². The average Bonchev–Trinajstić information content (AvgIpc) is 3.17. The van der Waals surface area contributed by atoms with E-state index < -0.39 is 0 Å². The highest BCUT2D eigenvalue weighted by Crippen LogP contribution is 2.20. The van der Waals surface area contributed by atoms with Crippen LogP contribution >= 0.6 is 0 Å². The van der Waals surface area contributed by atoms with Crippen LogP contribution < -0.4 is 5.32 Å². The lowest BCUT2D eigenvalue weighted by Crippen LogP contribution is -2.34. The Kier molecular flexibility index (Phi) is 4.71. The molecule has 3 rings (SSSR count). The third-order valence-electron chi connectivity index (χ3n) is 4.56. The number of hydrogen-bond donors (Lipinski definition) is 1. The Balaban J connectivity index is 1.39. The van der Waals surface area contributed by atoms with Gasteiger partial charge in [-0.1, -0.05) is 42.5 Å². The van der Waals surface area contributed by atoms with Crippen LogP contribution in [0.4, 0.5) is 0 Å². The summed E-state index contributed by atoms with van der Waals surface area (Å²) in [5, 5.41) is 3.15. The van der Waals surface area contributed by atoms with Gasteiger partial charge in [0.25, 0.3) is 0 Å². The highest BCUT2D eigenvalue weighted by atomic mass is 16.1. The summed E-state index contributed by atoms with van der Waals surface area (Å²) in [6.07, 6.45) is 7.24. The van der Waals surface area contributed by atoms with Crippen LogP contribution in [0, 0.1) is 11.8 Å². The van der Waals surface area contributed by atoms with E-state index in [2.05, 4.69) is 52.7 Å². The number of nitrogens with zero attached hydrogens (tertiary/aromatic N) is 1. The lowest BCUT2D eigenvalue weighted by atomic mass is 10.1. The van der Waals surface area contributed by atoms with E-state index in [1.165, 1.54) is 12.0 Å². The predicted octanol–water partition coefficient (Wildman–Crippen LogP) is 2.59. The van der Waals surface area contributed by atoms with Gasteiger partial charge in [-0.2, -0.15) is 0 Å². The van der Waals surface area contributed by atoms with E-state index in [1.54, 1.807) is 0 Å². The summed E-state index contributed by atoms with van der Waals surface area (Å²) in [6, 6.07) is 10.6. The van der Waals surface area contributed by atoms with Crippen LogP contribution in [0.25, 0.3) is 0 Å². The maximum Gasteiger partial charge on any atom is 0.223 e. The van der Waals surface area contributed by atoms with Crippen molar-refractivity contribution in [2.45, 2.75) is 25.8 Å². The minimum atomic E-state index is 0.187. The summed E-state index contributed by atoms with van der Waals surface area (Å²) in [4.78, 5) is 14.5. The molecular formula is C18H24N2O. The Hall–Kier alpha value is -1.61. The maximum absolute atomic E-state index is 12.0. The monoisotopic (exact) mass is 284 g/mol. The second-order valence-corrected chi connectivity index (χ2v) is 6.26. The van der Waals surface area contributed by atoms with Crippen molar-refractivity contribution < 1.29 is 4.79 Å². The predicted molar refractivity (Wildman–Crippen MR) is 84.7 cm³/mol. The molecule has 3 nitrogen and oxygen atoms in total. The second-order valence-electron chi connectivity index (χ2n) is 6.26. The fourth-order valence-electron chi connectivity index (χ4n) is 3.29. The van der Waals surface area contributed by atoms with Crippen molar-refractivity contribution in [3.63, 3.8) is 0 Å². The number of benzene rings is 1. The van der Waals surface area contributed by atoms with Crippen molar-refractivity contribution in [1.29, 1.82) is 0 Å². The summed E-state index contributed by atoms with van der Waals surface area (Å²) in [6.45, 7) is 4.09. The molecule has 0 spiro atoms. The highest BCUT2D eigenvalue weighted by molar-refractivity contribution is 5.79. The molecule has 2 aliphatic rings. The molecular weight excluding hydrogens is 260 g/mol. The molecule has 1 N–H and O–H groups in total. The molecule has 1 fully saturated rings. The minimum Gasteiger partial charge on any atom is -0.356 e. The van der Waals surface area contributed by atoms with Gasteiger partial charge in [0.15, 0.2) is 0 Å². The number of amides is 1. The first-order valence-electron chi connectivity index (χ1n) is 8.00. The average molecular weight is 284 g/mol. The molecule has 0 saturated carbocycles. The molecule has 1 saturated heterocycles. The normalized spacial score (nSPS) is 22.8. The van der Waals surface area contributed by atoms with Crippen molar-refractivity contribution in [3.05, 3.63) is 48.0 Å². The van der Waals surface area contributed by atoms with Crippen LogP contribution in [0.2, 0.25) is 0 Å². The van der Waals surface area contributed by atoms with Gasteiger partial charge in [0, 0.05) is 25.6 Å². The van der Waals surface area contributed by atoms with Crippen LogP contribution in [-0.2, 0) is 11.3 Å². The van der Waals surface area contributed by atoms with Gasteiger partial charge in [-0.3, -0.25) is 9.69 Å².